The van der Waals surface area contributed by atoms with Crippen molar-refractivity contribution in [1.82, 2.24) is 0 Å². The zero-order valence-corrected chi connectivity index (χ0v) is 6.62. The van der Waals surface area contributed by atoms with Crippen LogP contribution in [0.1, 0.15) is 0 Å². The van der Waals surface area contributed by atoms with E-state index in [0.29, 0.717) is 0 Å². The first-order valence-electron chi connectivity index (χ1n) is 2.16. The summed E-state index contributed by atoms with van der Waals surface area (Å²) < 4.78 is 0. The van der Waals surface area contributed by atoms with E-state index in [-0.39, 0.29) is 5.88 Å². The van der Waals surface area contributed by atoms with Gasteiger partial charge in [0.1, 0.15) is 5.38 Å². The minimum atomic E-state index is -1.14. The average molecular weight is 191 g/mol. The van der Waals surface area contributed by atoms with Crippen molar-refractivity contribution in [3.63, 3.8) is 0 Å². The summed E-state index contributed by atoms with van der Waals surface area (Å²) >= 11 is 15.8. The lowest BCUT2D eigenvalue weighted by molar-refractivity contribution is -0.136. The molecule has 0 spiro atoms. The van der Waals surface area contributed by atoms with Crippen LogP contribution in [0.5, 0.6) is 0 Å². The molecule has 0 heterocycles. The maximum atomic E-state index is 10.0. The molecule has 2 nitrogen and oxygen atoms in total. The molecule has 0 radical (unpaired) electrons. The van der Waals surface area contributed by atoms with Gasteiger partial charge in [0.05, 0.1) is 5.38 Å². The highest BCUT2D eigenvalue weighted by atomic mass is 35.5. The third-order valence-electron chi connectivity index (χ3n) is 0.701. The summed E-state index contributed by atoms with van der Waals surface area (Å²) in [6, 6.07) is 0. The van der Waals surface area contributed by atoms with E-state index in [1.807, 2.05) is 0 Å². The first-order chi connectivity index (χ1) is 4.09. The van der Waals surface area contributed by atoms with Crippen LogP contribution in [0, 0.1) is 0 Å². The topological polar surface area (TPSA) is 37.3 Å². The largest absolute Gasteiger partial charge is 0.480 e. The summed E-state index contributed by atoms with van der Waals surface area (Å²) in [5.41, 5.74) is 0. The van der Waals surface area contributed by atoms with Gasteiger partial charge in [-0.3, -0.25) is 4.79 Å². The highest BCUT2D eigenvalue weighted by molar-refractivity contribution is 6.38. The number of carbonyl (C=O) groups is 1. The number of hydrogen-bond donors (Lipinski definition) is 1. The van der Waals surface area contributed by atoms with Crippen molar-refractivity contribution >= 4 is 40.8 Å². The van der Waals surface area contributed by atoms with Crippen LogP contribution in [0.3, 0.4) is 0 Å². The Labute approximate surface area is 67.7 Å². The predicted molar refractivity (Wildman–Crippen MR) is 37.6 cm³/mol. The van der Waals surface area contributed by atoms with E-state index >= 15 is 0 Å². The zero-order valence-electron chi connectivity index (χ0n) is 4.35. The fourth-order valence-electron chi connectivity index (χ4n) is 0.233. The number of carboxylic acid groups (broad SMARTS) is 1. The molecule has 54 valence electrons. The summed E-state index contributed by atoms with van der Waals surface area (Å²) in [5, 5.41) is 6.41. The Bertz CT molecular complexity index is 106. The molecule has 0 fully saturated rings. The lowest BCUT2D eigenvalue weighted by Crippen LogP contribution is -2.25. The van der Waals surface area contributed by atoms with Gasteiger partial charge in [-0.1, -0.05) is 0 Å². The third kappa shape index (κ3) is 3.14. The standard InChI is InChI=1S/C4H5Cl3O2/c5-1-2(6)3(7)4(8)9/h2-3H,1H2,(H,8,9)/t2-,3-/m1/s1. The number of carboxylic acids is 1. The van der Waals surface area contributed by atoms with Crippen molar-refractivity contribution in [2.75, 3.05) is 5.88 Å². The van der Waals surface area contributed by atoms with Crippen LogP contribution in [0.25, 0.3) is 0 Å². The van der Waals surface area contributed by atoms with E-state index in [2.05, 4.69) is 0 Å². The first-order valence-corrected chi connectivity index (χ1v) is 3.57. The molecule has 0 aliphatic rings. The third-order valence-corrected chi connectivity index (χ3v) is 2.22. The number of halogens is 3. The van der Waals surface area contributed by atoms with Crippen LogP contribution in [0.15, 0.2) is 0 Å². The second-order valence-electron chi connectivity index (χ2n) is 1.41. The van der Waals surface area contributed by atoms with E-state index in [4.69, 9.17) is 39.9 Å². The number of hydrogen-bond acceptors (Lipinski definition) is 1. The van der Waals surface area contributed by atoms with E-state index in [1.54, 1.807) is 0 Å². The second-order valence-corrected chi connectivity index (χ2v) is 2.75. The molecular formula is C4H5Cl3O2. The first kappa shape index (κ1) is 9.34. The summed E-state index contributed by atoms with van der Waals surface area (Å²) in [6.07, 6.45) is 0. The summed E-state index contributed by atoms with van der Waals surface area (Å²) in [6.45, 7) is 0. The van der Waals surface area contributed by atoms with Gasteiger partial charge < -0.3 is 5.11 Å². The molecule has 5 heteroatoms. The van der Waals surface area contributed by atoms with Crippen LogP contribution in [-0.2, 0) is 4.79 Å². The molecule has 0 aromatic heterocycles. The van der Waals surface area contributed by atoms with E-state index in [1.165, 1.54) is 0 Å². The number of alkyl halides is 3. The van der Waals surface area contributed by atoms with Gasteiger partial charge in [0.2, 0.25) is 0 Å². The van der Waals surface area contributed by atoms with Gasteiger partial charge in [0.15, 0.2) is 0 Å². The summed E-state index contributed by atoms with van der Waals surface area (Å²) in [4.78, 5) is 10.0. The molecule has 0 unspecified atom stereocenters. The van der Waals surface area contributed by atoms with Gasteiger partial charge in [0.25, 0.3) is 0 Å². The van der Waals surface area contributed by atoms with Crippen LogP contribution in [0.4, 0.5) is 0 Å². The zero-order chi connectivity index (χ0) is 7.44. The Morgan fingerprint density at radius 3 is 2.11 bits per heavy atom. The Morgan fingerprint density at radius 1 is 1.56 bits per heavy atom. The van der Waals surface area contributed by atoms with Gasteiger partial charge in [-0.25, -0.2) is 0 Å². The lowest BCUT2D eigenvalue weighted by Gasteiger charge is -2.06. The Morgan fingerprint density at radius 2 is 2.00 bits per heavy atom. The maximum Gasteiger partial charge on any atom is 0.323 e. The van der Waals surface area contributed by atoms with Crippen molar-refractivity contribution in [3.8, 4) is 0 Å². The molecule has 1 N–H and O–H groups in total. The van der Waals surface area contributed by atoms with Crippen molar-refractivity contribution in [2.45, 2.75) is 10.8 Å². The van der Waals surface area contributed by atoms with Gasteiger partial charge >= 0.3 is 5.97 Å². The Balaban J connectivity index is 3.72. The highest BCUT2D eigenvalue weighted by Crippen LogP contribution is 2.11. The molecule has 9 heavy (non-hydrogen) atoms. The average Bonchev–Trinajstić information content (AvgIpc) is 1.84. The van der Waals surface area contributed by atoms with Crippen molar-refractivity contribution in [1.29, 1.82) is 0 Å². The summed E-state index contributed by atoms with van der Waals surface area (Å²) in [5.74, 6) is -1.10. The lowest BCUT2D eigenvalue weighted by atomic mass is 10.3. The maximum absolute atomic E-state index is 10.0. The molecule has 0 rings (SSSR count). The molecule has 0 bridgehead atoms. The van der Waals surface area contributed by atoms with E-state index < -0.39 is 16.7 Å². The van der Waals surface area contributed by atoms with Crippen LogP contribution < -0.4 is 0 Å². The predicted octanol–water partition coefficient (Wildman–Crippen LogP) is 1.52. The fraction of sp³-hybridized carbons (Fsp3) is 0.750. The minimum absolute atomic E-state index is 0.0437. The van der Waals surface area contributed by atoms with E-state index in [0.717, 1.165) is 0 Å². The molecular weight excluding hydrogens is 186 g/mol. The van der Waals surface area contributed by atoms with Crippen LogP contribution in [0.2, 0.25) is 0 Å². The van der Waals surface area contributed by atoms with E-state index in [9.17, 15) is 4.79 Å². The molecule has 0 aromatic rings. The monoisotopic (exact) mass is 190 g/mol. The van der Waals surface area contributed by atoms with Crippen LogP contribution in [-0.4, -0.2) is 27.7 Å². The number of aliphatic carboxylic acids is 1. The van der Waals surface area contributed by atoms with Crippen molar-refractivity contribution in [3.05, 3.63) is 0 Å². The highest BCUT2D eigenvalue weighted by Gasteiger charge is 2.22. The molecule has 0 aromatic carbocycles. The van der Waals surface area contributed by atoms with Gasteiger partial charge in [-0.05, 0) is 0 Å². The quantitative estimate of drug-likeness (QED) is 0.687. The Kier molecular flexibility index (Phi) is 4.36. The Hall–Kier alpha value is 0.340. The second kappa shape index (κ2) is 4.20. The normalized spacial score (nSPS) is 16.8. The fourth-order valence-corrected chi connectivity index (χ4v) is 0.699. The van der Waals surface area contributed by atoms with Crippen molar-refractivity contribution < 1.29 is 9.90 Å². The van der Waals surface area contributed by atoms with Gasteiger partial charge in [-0.2, -0.15) is 0 Å². The van der Waals surface area contributed by atoms with Crippen molar-refractivity contribution in [2.24, 2.45) is 0 Å². The molecule has 0 aliphatic heterocycles. The minimum Gasteiger partial charge on any atom is -0.480 e. The number of rotatable bonds is 3. The molecule has 2 atom stereocenters. The molecule has 0 saturated carbocycles. The summed E-state index contributed by atoms with van der Waals surface area (Å²) in [7, 11) is 0. The van der Waals surface area contributed by atoms with Gasteiger partial charge in [-0.15, -0.1) is 34.8 Å². The van der Waals surface area contributed by atoms with Gasteiger partial charge in [0, 0.05) is 5.88 Å². The molecule has 0 amide bonds. The smallest absolute Gasteiger partial charge is 0.323 e. The van der Waals surface area contributed by atoms with Crippen LogP contribution >= 0.6 is 34.8 Å². The molecule has 0 aliphatic carbocycles. The SMILES string of the molecule is O=C(O)[C@H](Cl)[C@H](Cl)CCl. The molecule has 0 saturated heterocycles.